The van der Waals surface area contributed by atoms with Crippen LogP contribution in [0.4, 0.5) is 5.69 Å². The number of halogens is 2. The largest absolute Gasteiger partial charge is 0.493 e. The van der Waals surface area contributed by atoms with E-state index in [2.05, 4.69) is 27.3 Å². The van der Waals surface area contributed by atoms with Gasteiger partial charge in [-0.05, 0) is 24.3 Å². The fourth-order valence-electron chi connectivity index (χ4n) is 2.26. The number of anilines is 1. The molecule has 0 amide bonds. The standard InChI is InChI=1S/C15H13BrClNO/c16-11-5-6-14(13(17)7-11)18-8-10-9-19-15-4-2-1-3-12(10)15/h1-7,10,18H,8-9H2. The fourth-order valence-corrected chi connectivity index (χ4v) is 3.00. The highest BCUT2D eigenvalue weighted by atomic mass is 79.9. The van der Waals surface area contributed by atoms with Crippen molar-refractivity contribution in [2.75, 3.05) is 18.5 Å². The van der Waals surface area contributed by atoms with E-state index < -0.39 is 0 Å². The highest BCUT2D eigenvalue weighted by molar-refractivity contribution is 9.10. The van der Waals surface area contributed by atoms with E-state index in [0.29, 0.717) is 5.92 Å². The van der Waals surface area contributed by atoms with Crippen molar-refractivity contribution in [2.24, 2.45) is 0 Å². The van der Waals surface area contributed by atoms with Crippen molar-refractivity contribution in [1.82, 2.24) is 0 Å². The molecule has 1 heterocycles. The molecule has 2 aromatic rings. The van der Waals surface area contributed by atoms with E-state index >= 15 is 0 Å². The Kier molecular flexibility index (Phi) is 3.67. The molecular formula is C15H13BrClNO. The summed E-state index contributed by atoms with van der Waals surface area (Å²) in [4.78, 5) is 0. The van der Waals surface area contributed by atoms with Crippen LogP contribution in [0.2, 0.25) is 5.02 Å². The van der Waals surface area contributed by atoms with E-state index in [9.17, 15) is 0 Å². The van der Waals surface area contributed by atoms with Gasteiger partial charge in [-0.25, -0.2) is 0 Å². The Bertz CT molecular complexity index is 602. The van der Waals surface area contributed by atoms with E-state index in [4.69, 9.17) is 16.3 Å². The second-order valence-electron chi connectivity index (χ2n) is 4.55. The maximum Gasteiger partial charge on any atom is 0.122 e. The number of fused-ring (bicyclic) bond motifs is 1. The summed E-state index contributed by atoms with van der Waals surface area (Å²) in [5.41, 5.74) is 2.22. The lowest BCUT2D eigenvalue weighted by Gasteiger charge is -2.13. The zero-order chi connectivity index (χ0) is 13.2. The van der Waals surface area contributed by atoms with Crippen LogP contribution in [-0.4, -0.2) is 13.2 Å². The number of rotatable bonds is 3. The Labute approximate surface area is 125 Å². The Hall–Kier alpha value is -1.19. The van der Waals surface area contributed by atoms with Crippen LogP contribution >= 0.6 is 27.5 Å². The van der Waals surface area contributed by atoms with Crippen LogP contribution in [0.1, 0.15) is 11.5 Å². The maximum atomic E-state index is 6.19. The average molecular weight is 339 g/mol. The summed E-state index contributed by atoms with van der Waals surface area (Å²) >= 11 is 9.59. The molecule has 1 atom stereocenters. The maximum absolute atomic E-state index is 6.19. The summed E-state index contributed by atoms with van der Waals surface area (Å²) in [6, 6.07) is 14.0. The van der Waals surface area contributed by atoms with Crippen molar-refractivity contribution in [2.45, 2.75) is 5.92 Å². The quantitative estimate of drug-likeness (QED) is 0.876. The minimum atomic E-state index is 0.371. The number of hydrogen-bond donors (Lipinski definition) is 1. The van der Waals surface area contributed by atoms with Gasteiger partial charge >= 0.3 is 0 Å². The lowest BCUT2D eigenvalue weighted by Crippen LogP contribution is -2.14. The number of nitrogens with one attached hydrogen (secondary N) is 1. The van der Waals surface area contributed by atoms with E-state index in [1.165, 1.54) is 5.56 Å². The fraction of sp³-hybridized carbons (Fsp3) is 0.200. The van der Waals surface area contributed by atoms with Gasteiger partial charge in [0.15, 0.2) is 0 Å². The van der Waals surface area contributed by atoms with Crippen molar-refractivity contribution in [3.05, 3.63) is 57.5 Å². The van der Waals surface area contributed by atoms with Gasteiger partial charge in [-0.1, -0.05) is 45.7 Å². The van der Waals surface area contributed by atoms with Crippen LogP contribution in [0, 0.1) is 0 Å². The molecule has 0 aliphatic carbocycles. The minimum absolute atomic E-state index is 0.371. The number of benzene rings is 2. The second kappa shape index (κ2) is 5.43. The first-order chi connectivity index (χ1) is 9.24. The van der Waals surface area contributed by atoms with Gasteiger partial charge < -0.3 is 10.1 Å². The van der Waals surface area contributed by atoms with Crippen molar-refractivity contribution in [1.29, 1.82) is 0 Å². The lowest BCUT2D eigenvalue weighted by molar-refractivity contribution is 0.334. The third-order valence-electron chi connectivity index (χ3n) is 3.27. The minimum Gasteiger partial charge on any atom is -0.493 e. The normalized spacial score (nSPS) is 16.8. The third kappa shape index (κ3) is 2.72. The van der Waals surface area contributed by atoms with Crippen LogP contribution < -0.4 is 10.1 Å². The highest BCUT2D eigenvalue weighted by Gasteiger charge is 2.23. The van der Waals surface area contributed by atoms with Crippen LogP contribution in [0.25, 0.3) is 0 Å². The highest BCUT2D eigenvalue weighted by Crippen LogP contribution is 2.34. The average Bonchev–Trinajstić information content (AvgIpc) is 2.81. The zero-order valence-corrected chi connectivity index (χ0v) is 12.5. The van der Waals surface area contributed by atoms with Crippen LogP contribution in [0.15, 0.2) is 46.9 Å². The first-order valence-corrected chi connectivity index (χ1v) is 7.32. The molecule has 98 valence electrons. The zero-order valence-electron chi connectivity index (χ0n) is 10.2. The molecule has 0 saturated heterocycles. The molecule has 1 unspecified atom stereocenters. The molecule has 2 aromatic carbocycles. The van der Waals surface area contributed by atoms with Crippen molar-refractivity contribution >= 4 is 33.2 Å². The molecule has 1 N–H and O–H groups in total. The summed E-state index contributed by atoms with van der Waals surface area (Å²) < 4.78 is 6.65. The molecule has 1 aliphatic rings. The van der Waals surface area contributed by atoms with Gasteiger partial charge in [-0.3, -0.25) is 0 Å². The molecule has 0 spiro atoms. The van der Waals surface area contributed by atoms with Gasteiger partial charge in [-0.2, -0.15) is 0 Å². The number of ether oxygens (including phenoxy) is 1. The van der Waals surface area contributed by atoms with E-state index in [0.717, 1.165) is 34.1 Å². The van der Waals surface area contributed by atoms with Gasteiger partial charge in [-0.15, -0.1) is 0 Å². The molecule has 2 nitrogen and oxygen atoms in total. The van der Waals surface area contributed by atoms with Gasteiger partial charge in [0, 0.05) is 22.5 Å². The van der Waals surface area contributed by atoms with Crippen molar-refractivity contribution < 1.29 is 4.74 Å². The predicted molar refractivity (Wildman–Crippen MR) is 82.3 cm³/mol. The Morgan fingerprint density at radius 2 is 2.11 bits per heavy atom. The molecule has 0 fully saturated rings. The van der Waals surface area contributed by atoms with E-state index in [1.807, 2.05) is 36.4 Å². The third-order valence-corrected chi connectivity index (χ3v) is 4.07. The topological polar surface area (TPSA) is 21.3 Å². The Balaban J connectivity index is 1.71. The number of para-hydroxylation sites is 1. The van der Waals surface area contributed by atoms with Crippen molar-refractivity contribution in [3.63, 3.8) is 0 Å². The molecular weight excluding hydrogens is 326 g/mol. The molecule has 0 aromatic heterocycles. The van der Waals surface area contributed by atoms with Crippen molar-refractivity contribution in [3.8, 4) is 5.75 Å². The Morgan fingerprint density at radius 3 is 2.95 bits per heavy atom. The summed E-state index contributed by atoms with van der Waals surface area (Å²) in [7, 11) is 0. The smallest absolute Gasteiger partial charge is 0.122 e. The lowest BCUT2D eigenvalue weighted by atomic mass is 10.0. The van der Waals surface area contributed by atoms with Gasteiger partial charge in [0.05, 0.1) is 17.3 Å². The summed E-state index contributed by atoms with van der Waals surface area (Å²) in [5.74, 6) is 1.37. The molecule has 4 heteroatoms. The van der Waals surface area contributed by atoms with Gasteiger partial charge in [0.2, 0.25) is 0 Å². The van der Waals surface area contributed by atoms with Gasteiger partial charge in [0.1, 0.15) is 5.75 Å². The van der Waals surface area contributed by atoms with Crippen LogP contribution in [-0.2, 0) is 0 Å². The van der Waals surface area contributed by atoms with Crippen LogP contribution in [0.3, 0.4) is 0 Å². The SMILES string of the molecule is Clc1cc(Br)ccc1NCC1COc2ccccc21. The van der Waals surface area contributed by atoms with Crippen LogP contribution in [0.5, 0.6) is 5.75 Å². The monoisotopic (exact) mass is 337 g/mol. The molecule has 3 rings (SSSR count). The molecule has 19 heavy (non-hydrogen) atoms. The summed E-state index contributed by atoms with van der Waals surface area (Å²) in [6.45, 7) is 1.54. The summed E-state index contributed by atoms with van der Waals surface area (Å²) in [5, 5.41) is 4.11. The number of hydrogen-bond acceptors (Lipinski definition) is 2. The van der Waals surface area contributed by atoms with E-state index in [1.54, 1.807) is 0 Å². The van der Waals surface area contributed by atoms with E-state index in [-0.39, 0.29) is 0 Å². The molecule has 0 saturated carbocycles. The first kappa shape index (κ1) is 12.8. The molecule has 0 radical (unpaired) electrons. The predicted octanol–water partition coefficient (Wildman–Crippen LogP) is 4.69. The Morgan fingerprint density at radius 1 is 1.26 bits per heavy atom. The second-order valence-corrected chi connectivity index (χ2v) is 5.87. The van der Waals surface area contributed by atoms with Gasteiger partial charge in [0.25, 0.3) is 0 Å². The summed E-state index contributed by atoms with van der Waals surface area (Å²) in [6.07, 6.45) is 0. The molecule has 1 aliphatic heterocycles. The molecule has 0 bridgehead atoms. The first-order valence-electron chi connectivity index (χ1n) is 6.14.